The first-order chi connectivity index (χ1) is 16.1. The van der Waals surface area contributed by atoms with Gasteiger partial charge >= 0.3 is 6.03 Å². The number of nitrogens with zero attached hydrogens (tertiary/aromatic N) is 4. The number of hydrogen-bond donors (Lipinski definition) is 3. The third-order valence-corrected chi connectivity index (χ3v) is 5.03. The molecule has 9 nitrogen and oxygen atoms in total. The van der Waals surface area contributed by atoms with Gasteiger partial charge in [-0.3, -0.25) is 0 Å². The molecule has 0 spiro atoms. The van der Waals surface area contributed by atoms with Crippen LogP contribution in [0, 0.1) is 6.92 Å². The first kappa shape index (κ1) is 22.0. The highest BCUT2D eigenvalue weighted by atomic mass is 16.5. The Morgan fingerprint density at radius 1 is 1.09 bits per heavy atom. The van der Waals surface area contributed by atoms with Crippen LogP contribution in [0.5, 0.6) is 5.75 Å². The molecule has 0 aliphatic rings. The average molecular weight is 444 g/mol. The lowest BCUT2D eigenvalue weighted by Gasteiger charge is -2.15. The molecule has 4 aromatic rings. The van der Waals surface area contributed by atoms with Crippen molar-refractivity contribution in [1.29, 1.82) is 0 Å². The fourth-order valence-electron chi connectivity index (χ4n) is 3.19. The first-order valence-electron chi connectivity index (χ1n) is 10.4. The number of benzene rings is 3. The van der Waals surface area contributed by atoms with Crippen molar-refractivity contribution >= 4 is 11.7 Å². The van der Waals surface area contributed by atoms with Crippen LogP contribution >= 0.6 is 0 Å². The molecular weight excluding hydrogens is 420 g/mol. The Morgan fingerprint density at radius 2 is 1.94 bits per heavy atom. The van der Waals surface area contributed by atoms with Crippen LogP contribution in [0.1, 0.15) is 22.8 Å². The predicted molar refractivity (Wildman–Crippen MR) is 123 cm³/mol. The van der Waals surface area contributed by atoms with Crippen LogP contribution in [0.2, 0.25) is 0 Å². The van der Waals surface area contributed by atoms with E-state index >= 15 is 0 Å². The number of ether oxygens (including phenoxy) is 1. The SMILES string of the molecule is Cc1ccc(-n2cnnn2)cc1NC(=O)NCC(O)c1cccc(OCc2ccccc2)c1. The van der Waals surface area contributed by atoms with E-state index in [0.717, 1.165) is 11.1 Å². The van der Waals surface area contributed by atoms with E-state index in [4.69, 9.17) is 4.74 Å². The fraction of sp³-hybridized carbons (Fsp3) is 0.167. The van der Waals surface area contributed by atoms with Gasteiger partial charge in [-0.2, -0.15) is 0 Å². The summed E-state index contributed by atoms with van der Waals surface area (Å²) in [5, 5.41) is 27.1. The number of carbonyl (C=O) groups excluding carboxylic acids is 1. The first-order valence-corrected chi connectivity index (χ1v) is 10.4. The number of hydrogen-bond acceptors (Lipinski definition) is 6. The number of carbonyl (C=O) groups is 1. The predicted octanol–water partition coefficient (Wildman–Crippen LogP) is 3.40. The van der Waals surface area contributed by atoms with Gasteiger partial charge in [0.25, 0.3) is 0 Å². The third kappa shape index (κ3) is 5.92. The molecule has 0 bridgehead atoms. The number of rotatable bonds is 8. The molecular formula is C24H24N6O3. The Bertz CT molecular complexity index is 1200. The lowest BCUT2D eigenvalue weighted by molar-refractivity contribution is 0.174. The van der Waals surface area contributed by atoms with Gasteiger partial charge in [-0.05, 0) is 58.3 Å². The fourth-order valence-corrected chi connectivity index (χ4v) is 3.19. The second-order valence-corrected chi connectivity index (χ2v) is 7.45. The van der Waals surface area contributed by atoms with Gasteiger partial charge in [0.1, 0.15) is 18.7 Å². The maximum atomic E-state index is 12.4. The Labute approximate surface area is 191 Å². The molecule has 1 atom stereocenters. The summed E-state index contributed by atoms with van der Waals surface area (Å²) in [5.41, 5.74) is 3.92. The lowest BCUT2D eigenvalue weighted by Crippen LogP contribution is -2.32. The highest BCUT2D eigenvalue weighted by molar-refractivity contribution is 5.90. The van der Waals surface area contributed by atoms with Crippen molar-refractivity contribution in [2.45, 2.75) is 19.6 Å². The number of aromatic nitrogens is 4. The van der Waals surface area contributed by atoms with Crippen molar-refractivity contribution in [2.24, 2.45) is 0 Å². The standard InChI is InChI=1S/C24H24N6O3/c1-17-10-11-20(30-16-26-28-29-30)13-22(17)27-24(32)25-14-23(31)19-8-5-9-21(12-19)33-15-18-6-3-2-4-7-18/h2-13,16,23,31H,14-15H2,1H3,(H2,25,27,32). The Balaban J connectivity index is 1.32. The van der Waals surface area contributed by atoms with Gasteiger partial charge in [0.15, 0.2) is 0 Å². The van der Waals surface area contributed by atoms with E-state index in [1.54, 1.807) is 18.2 Å². The summed E-state index contributed by atoms with van der Waals surface area (Å²) in [6.07, 6.45) is 0.590. The van der Waals surface area contributed by atoms with Crippen molar-refractivity contribution in [1.82, 2.24) is 25.5 Å². The van der Waals surface area contributed by atoms with Crippen LogP contribution in [0.4, 0.5) is 10.5 Å². The van der Waals surface area contributed by atoms with Gasteiger partial charge in [0.2, 0.25) is 0 Å². The van der Waals surface area contributed by atoms with E-state index < -0.39 is 12.1 Å². The normalized spacial score (nSPS) is 11.6. The van der Waals surface area contributed by atoms with Crippen molar-refractivity contribution in [2.75, 3.05) is 11.9 Å². The van der Waals surface area contributed by atoms with Crippen molar-refractivity contribution in [3.8, 4) is 11.4 Å². The number of nitrogens with one attached hydrogen (secondary N) is 2. The lowest BCUT2D eigenvalue weighted by atomic mass is 10.1. The second kappa shape index (κ2) is 10.4. The van der Waals surface area contributed by atoms with Crippen molar-refractivity contribution < 1.29 is 14.6 Å². The summed E-state index contributed by atoms with van der Waals surface area (Å²) < 4.78 is 7.31. The minimum absolute atomic E-state index is 0.0414. The van der Waals surface area contributed by atoms with Gasteiger partial charge in [-0.1, -0.05) is 48.5 Å². The van der Waals surface area contributed by atoms with Gasteiger partial charge in [-0.25, -0.2) is 9.48 Å². The average Bonchev–Trinajstić information content (AvgIpc) is 3.38. The largest absolute Gasteiger partial charge is 0.489 e. The topological polar surface area (TPSA) is 114 Å². The Kier molecular flexibility index (Phi) is 6.91. The molecule has 4 rings (SSSR count). The van der Waals surface area contributed by atoms with Crippen molar-refractivity contribution in [3.63, 3.8) is 0 Å². The molecule has 3 aromatic carbocycles. The van der Waals surface area contributed by atoms with E-state index in [1.807, 2.05) is 61.5 Å². The van der Waals surface area contributed by atoms with Crippen LogP contribution in [-0.4, -0.2) is 37.9 Å². The van der Waals surface area contributed by atoms with Crippen LogP contribution in [0.15, 0.2) is 79.1 Å². The van der Waals surface area contributed by atoms with Crippen molar-refractivity contribution in [3.05, 3.63) is 95.8 Å². The summed E-state index contributed by atoms with van der Waals surface area (Å²) in [7, 11) is 0. The molecule has 3 N–H and O–H groups in total. The zero-order valence-corrected chi connectivity index (χ0v) is 18.0. The summed E-state index contributed by atoms with van der Waals surface area (Å²) >= 11 is 0. The maximum Gasteiger partial charge on any atom is 0.319 e. The van der Waals surface area contributed by atoms with Crippen LogP contribution < -0.4 is 15.4 Å². The number of aliphatic hydroxyl groups is 1. The number of aryl methyl sites for hydroxylation is 1. The molecule has 1 unspecified atom stereocenters. The number of amides is 2. The van der Waals surface area contributed by atoms with Crippen LogP contribution in [-0.2, 0) is 6.61 Å². The molecule has 33 heavy (non-hydrogen) atoms. The van der Waals surface area contributed by atoms with E-state index in [2.05, 4.69) is 26.2 Å². The van der Waals surface area contributed by atoms with Gasteiger partial charge < -0.3 is 20.5 Å². The maximum absolute atomic E-state index is 12.4. The number of anilines is 1. The number of aliphatic hydroxyl groups excluding tert-OH is 1. The number of urea groups is 1. The summed E-state index contributed by atoms with van der Waals surface area (Å²) in [4.78, 5) is 12.4. The highest BCUT2D eigenvalue weighted by Gasteiger charge is 2.12. The van der Waals surface area contributed by atoms with Crippen LogP contribution in [0.25, 0.3) is 5.69 Å². The summed E-state index contributed by atoms with van der Waals surface area (Å²) in [6.45, 7) is 2.36. The highest BCUT2D eigenvalue weighted by Crippen LogP contribution is 2.21. The van der Waals surface area contributed by atoms with Gasteiger partial charge in [0, 0.05) is 12.2 Å². The molecule has 0 saturated carbocycles. The summed E-state index contributed by atoms with van der Waals surface area (Å²) in [6, 6.07) is 22.1. The molecule has 1 heterocycles. The summed E-state index contributed by atoms with van der Waals surface area (Å²) in [5.74, 6) is 0.648. The molecule has 1 aromatic heterocycles. The van der Waals surface area contributed by atoms with E-state index in [-0.39, 0.29) is 6.54 Å². The Hall–Kier alpha value is -4.24. The quantitative estimate of drug-likeness (QED) is 0.384. The van der Waals surface area contributed by atoms with E-state index in [1.165, 1.54) is 11.0 Å². The Morgan fingerprint density at radius 3 is 2.73 bits per heavy atom. The zero-order chi connectivity index (χ0) is 23.0. The molecule has 9 heteroatoms. The smallest absolute Gasteiger partial charge is 0.319 e. The number of tetrazole rings is 1. The second-order valence-electron chi connectivity index (χ2n) is 7.45. The molecule has 0 radical (unpaired) electrons. The molecule has 2 amide bonds. The van der Waals surface area contributed by atoms with Gasteiger partial charge in [-0.15, -0.1) is 5.10 Å². The molecule has 0 saturated heterocycles. The third-order valence-electron chi connectivity index (χ3n) is 5.03. The minimum atomic E-state index is -0.885. The van der Waals surface area contributed by atoms with Crippen LogP contribution in [0.3, 0.4) is 0 Å². The van der Waals surface area contributed by atoms with Gasteiger partial charge in [0.05, 0.1) is 11.8 Å². The molecule has 0 aliphatic heterocycles. The molecule has 0 fully saturated rings. The van der Waals surface area contributed by atoms with E-state index in [0.29, 0.717) is 29.3 Å². The zero-order valence-electron chi connectivity index (χ0n) is 18.0. The molecule has 168 valence electrons. The monoisotopic (exact) mass is 444 g/mol. The van der Waals surface area contributed by atoms with E-state index in [9.17, 15) is 9.90 Å². The minimum Gasteiger partial charge on any atom is -0.489 e. The molecule has 0 aliphatic carbocycles.